The molecule has 0 aliphatic carbocycles. The van der Waals surface area contributed by atoms with Gasteiger partial charge in [0.05, 0.1) is 0 Å². The first-order chi connectivity index (χ1) is 10.2. The van der Waals surface area contributed by atoms with Gasteiger partial charge in [-0.25, -0.2) is 4.98 Å². The molecular weight excluding hydrogens is 350 g/mol. The lowest BCUT2D eigenvalue weighted by atomic mass is 10.0. The van der Waals surface area contributed by atoms with Crippen LogP contribution in [-0.4, -0.2) is 24.1 Å². The lowest BCUT2D eigenvalue weighted by molar-refractivity contribution is 0.523. The predicted molar refractivity (Wildman–Crippen MR) is 92.2 cm³/mol. The molecule has 1 aromatic heterocycles. The van der Waals surface area contributed by atoms with Crippen molar-refractivity contribution in [1.29, 1.82) is 0 Å². The molecule has 2 heterocycles. The SMILES string of the molecule is Clc1ccc(NC2CCN(c3ccccn3)CC2)c(Br)c1. The Hall–Kier alpha value is -1.26. The van der Waals surface area contributed by atoms with Gasteiger partial charge in [-0.15, -0.1) is 0 Å². The zero-order valence-electron chi connectivity index (χ0n) is 11.6. The fraction of sp³-hybridized carbons (Fsp3) is 0.312. The Morgan fingerprint density at radius 1 is 1.19 bits per heavy atom. The van der Waals surface area contributed by atoms with E-state index in [4.69, 9.17) is 11.6 Å². The van der Waals surface area contributed by atoms with Crippen LogP contribution in [0.15, 0.2) is 47.1 Å². The third kappa shape index (κ3) is 3.69. The lowest BCUT2D eigenvalue weighted by Gasteiger charge is -2.33. The number of aromatic nitrogens is 1. The van der Waals surface area contributed by atoms with Crippen LogP contribution < -0.4 is 10.2 Å². The molecule has 0 atom stereocenters. The molecule has 1 fully saturated rings. The predicted octanol–water partition coefficient (Wildman–Crippen LogP) is 4.58. The largest absolute Gasteiger partial charge is 0.381 e. The maximum atomic E-state index is 5.98. The van der Waals surface area contributed by atoms with Gasteiger partial charge < -0.3 is 10.2 Å². The van der Waals surface area contributed by atoms with Crippen LogP contribution in [0.5, 0.6) is 0 Å². The average Bonchev–Trinajstić information content (AvgIpc) is 2.52. The number of anilines is 2. The Morgan fingerprint density at radius 2 is 2.00 bits per heavy atom. The van der Waals surface area contributed by atoms with Crippen LogP contribution in [0.3, 0.4) is 0 Å². The van der Waals surface area contributed by atoms with Crippen molar-refractivity contribution in [3.8, 4) is 0 Å². The van der Waals surface area contributed by atoms with Crippen LogP contribution in [0.2, 0.25) is 5.02 Å². The highest BCUT2D eigenvalue weighted by Gasteiger charge is 2.20. The molecule has 0 amide bonds. The van der Waals surface area contributed by atoms with Gasteiger partial charge in [0.1, 0.15) is 5.82 Å². The Morgan fingerprint density at radius 3 is 2.67 bits per heavy atom. The molecule has 1 N–H and O–H groups in total. The molecule has 21 heavy (non-hydrogen) atoms. The molecule has 1 saturated heterocycles. The van der Waals surface area contributed by atoms with Crippen molar-refractivity contribution in [2.45, 2.75) is 18.9 Å². The number of benzene rings is 1. The van der Waals surface area contributed by atoms with E-state index in [0.29, 0.717) is 6.04 Å². The van der Waals surface area contributed by atoms with Gasteiger partial charge in [-0.05, 0) is 59.1 Å². The van der Waals surface area contributed by atoms with Crippen LogP contribution in [0.1, 0.15) is 12.8 Å². The highest BCUT2D eigenvalue weighted by atomic mass is 79.9. The van der Waals surface area contributed by atoms with Crippen LogP contribution in [0, 0.1) is 0 Å². The number of piperidine rings is 1. The molecule has 5 heteroatoms. The quantitative estimate of drug-likeness (QED) is 0.862. The van der Waals surface area contributed by atoms with E-state index in [0.717, 1.165) is 46.9 Å². The zero-order chi connectivity index (χ0) is 14.7. The Labute approximate surface area is 138 Å². The van der Waals surface area contributed by atoms with Gasteiger partial charge in [0.2, 0.25) is 0 Å². The Kier molecular flexibility index (Phi) is 4.66. The summed E-state index contributed by atoms with van der Waals surface area (Å²) >= 11 is 9.53. The average molecular weight is 367 g/mol. The number of pyridine rings is 1. The van der Waals surface area contributed by atoms with Crippen molar-refractivity contribution < 1.29 is 0 Å². The van der Waals surface area contributed by atoms with Crippen molar-refractivity contribution in [3.63, 3.8) is 0 Å². The summed E-state index contributed by atoms with van der Waals surface area (Å²) in [6, 6.07) is 12.4. The number of hydrogen-bond acceptors (Lipinski definition) is 3. The summed E-state index contributed by atoms with van der Waals surface area (Å²) in [6.07, 6.45) is 4.06. The zero-order valence-corrected chi connectivity index (χ0v) is 13.9. The molecule has 0 bridgehead atoms. The highest BCUT2D eigenvalue weighted by molar-refractivity contribution is 9.10. The van der Waals surface area contributed by atoms with Crippen LogP contribution >= 0.6 is 27.5 Å². The van der Waals surface area contributed by atoms with E-state index in [1.165, 1.54) is 0 Å². The normalized spacial score (nSPS) is 16.0. The van der Waals surface area contributed by atoms with Crippen molar-refractivity contribution >= 4 is 39.0 Å². The second-order valence-electron chi connectivity index (χ2n) is 5.22. The third-order valence-corrected chi connectivity index (χ3v) is 4.65. The van der Waals surface area contributed by atoms with E-state index in [-0.39, 0.29) is 0 Å². The molecule has 1 aliphatic heterocycles. The molecule has 0 saturated carbocycles. The summed E-state index contributed by atoms with van der Waals surface area (Å²) in [5.41, 5.74) is 1.11. The van der Waals surface area contributed by atoms with Crippen molar-refractivity contribution in [2.24, 2.45) is 0 Å². The first-order valence-electron chi connectivity index (χ1n) is 7.10. The molecule has 1 aliphatic rings. The molecule has 3 nitrogen and oxygen atoms in total. The Balaban J connectivity index is 1.59. The topological polar surface area (TPSA) is 28.2 Å². The fourth-order valence-electron chi connectivity index (χ4n) is 2.62. The number of nitrogens with zero attached hydrogens (tertiary/aromatic N) is 2. The molecule has 2 aromatic rings. The summed E-state index contributed by atoms with van der Waals surface area (Å²) in [7, 11) is 0. The lowest BCUT2D eigenvalue weighted by Crippen LogP contribution is -2.39. The second-order valence-corrected chi connectivity index (χ2v) is 6.51. The van der Waals surface area contributed by atoms with Gasteiger partial charge in [-0.3, -0.25) is 0 Å². The fourth-order valence-corrected chi connectivity index (χ4v) is 3.42. The minimum absolute atomic E-state index is 0.488. The molecule has 0 unspecified atom stereocenters. The van der Waals surface area contributed by atoms with Gasteiger partial charge in [-0.2, -0.15) is 0 Å². The maximum absolute atomic E-state index is 5.98. The smallest absolute Gasteiger partial charge is 0.128 e. The minimum atomic E-state index is 0.488. The molecular formula is C16H17BrClN3. The van der Waals surface area contributed by atoms with Crippen LogP contribution in [0.25, 0.3) is 0 Å². The number of hydrogen-bond donors (Lipinski definition) is 1. The van der Waals surface area contributed by atoms with Gasteiger partial charge in [-0.1, -0.05) is 17.7 Å². The van der Waals surface area contributed by atoms with E-state index in [1.54, 1.807) is 0 Å². The molecule has 1 aromatic carbocycles. The summed E-state index contributed by atoms with van der Waals surface area (Å²) < 4.78 is 1.02. The second kappa shape index (κ2) is 6.67. The molecule has 0 radical (unpaired) electrons. The monoisotopic (exact) mass is 365 g/mol. The van der Waals surface area contributed by atoms with Crippen molar-refractivity contribution in [3.05, 3.63) is 52.1 Å². The van der Waals surface area contributed by atoms with Crippen molar-refractivity contribution in [1.82, 2.24) is 4.98 Å². The van der Waals surface area contributed by atoms with Gasteiger partial charge in [0.25, 0.3) is 0 Å². The summed E-state index contributed by atoms with van der Waals surface area (Å²) in [5.74, 6) is 1.07. The standard InChI is InChI=1S/C16H17BrClN3/c17-14-11-12(18)4-5-15(14)20-13-6-9-21(10-7-13)16-3-1-2-8-19-16/h1-5,8,11,13,20H,6-7,9-10H2. The van der Waals surface area contributed by atoms with Crippen molar-refractivity contribution in [2.75, 3.05) is 23.3 Å². The van der Waals surface area contributed by atoms with Crippen LogP contribution in [-0.2, 0) is 0 Å². The first-order valence-corrected chi connectivity index (χ1v) is 8.27. The number of rotatable bonds is 3. The van der Waals surface area contributed by atoms with E-state index in [1.807, 2.05) is 36.5 Å². The summed E-state index contributed by atoms with van der Waals surface area (Å²) in [5, 5.41) is 4.34. The summed E-state index contributed by atoms with van der Waals surface area (Å²) in [6.45, 7) is 2.06. The van der Waals surface area contributed by atoms with Gasteiger partial charge >= 0.3 is 0 Å². The molecule has 0 spiro atoms. The molecule has 110 valence electrons. The van der Waals surface area contributed by atoms with Crippen LogP contribution in [0.4, 0.5) is 11.5 Å². The van der Waals surface area contributed by atoms with E-state index < -0.39 is 0 Å². The minimum Gasteiger partial charge on any atom is -0.381 e. The van der Waals surface area contributed by atoms with E-state index >= 15 is 0 Å². The maximum Gasteiger partial charge on any atom is 0.128 e. The Bertz CT molecular complexity index is 598. The van der Waals surface area contributed by atoms with E-state index in [9.17, 15) is 0 Å². The number of nitrogens with one attached hydrogen (secondary N) is 1. The molecule has 3 rings (SSSR count). The summed E-state index contributed by atoms with van der Waals surface area (Å²) in [4.78, 5) is 6.76. The third-order valence-electron chi connectivity index (χ3n) is 3.76. The number of halogens is 2. The first kappa shape index (κ1) is 14.7. The highest BCUT2D eigenvalue weighted by Crippen LogP contribution is 2.28. The van der Waals surface area contributed by atoms with E-state index in [2.05, 4.69) is 37.2 Å². The van der Waals surface area contributed by atoms with Gasteiger partial charge in [0.15, 0.2) is 0 Å². The van der Waals surface area contributed by atoms with Gasteiger partial charge in [0, 0.05) is 40.5 Å².